The van der Waals surface area contributed by atoms with Gasteiger partial charge in [-0.25, -0.2) is 4.68 Å². The molecule has 1 aliphatic carbocycles. The number of rotatable bonds is 6. The first kappa shape index (κ1) is 18.4. The van der Waals surface area contributed by atoms with Gasteiger partial charge in [0.05, 0.1) is 18.2 Å². The molecule has 1 amide bonds. The Bertz CT molecular complexity index is 622. The van der Waals surface area contributed by atoms with Crippen molar-refractivity contribution < 1.29 is 19.4 Å². The number of amides is 1. The van der Waals surface area contributed by atoms with Crippen LogP contribution in [0.5, 0.6) is 0 Å². The predicted octanol–water partition coefficient (Wildman–Crippen LogP) is 1.08. The normalized spacial score (nSPS) is 25.0. The number of nitrogens with zero attached hydrogens (tertiary/aromatic N) is 2. The van der Waals surface area contributed by atoms with Crippen LogP contribution in [0.1, 0.15) is 43.1 Å². The molecule has 0 radical (unpaired) electrons. The van der Waals surface area contributed by atoms with Gasteiger partial charge in [-0.2, -0.15) is 5.10 Å². The molecule has 2 aliphatic rings. The summed E-state index contributed by atoms with van der Waals surface area (Å²) in [7, 11) is 0. The molecule has 1 aromatic rings. The molecule has 2 N–H and O–H groups in total. The van der Waals surface area contributed by atoms with Crippen LogP contribution < -0.4 is 5.32 Å². The summed E-state index contributed by atoms with van der Waals surface area (Å²) in [6.07, 6.45) is 2.22. The van der Waals surface area contributed by atoms with Crippen LogP contribution in [0.3, 0.4) is 0 Å². The second-order valence-electron chi connectivity index (χ2n) is 7.16. The highest BCUT2D eigenvalue weighted by molar-refractivity contribution is 5.79. The molecule has 1 aromatic heterocycles. The third-order valence-electron chi connectivity index (χ3n) is 5.86. The van der Waals surface area contributed by atoms with Crippen LogP contribution in [0.25, 0.3) is 0 Å². The van der Waals surface area contributed by atoms with Crippen LogP contribution in [-0.2, 0) is 27.4 Å². The Morgan fingerprint density at radius 3 is 2.80 bits per heavy atom. The zero-order valence-corrected chi connectivity index (χ0v) is 15.4. The van der Waals surface area contributed by atoms with E-state index in [0.29, 0.717) is 39.4 Å². The number of ether oxygens (including phenoxy) is 2. The summed E-state index contributed by atoms with van der Waals surface area (Å²) in [5.41, 5.74) is 2.59. The summed E-state index contributed by atoms with van der Waals surface area (Å²) in [5, 5.41) is 17.8. The number of aliphatic hydroxyl groups excluding tert-OH is 1. The molecule has 2 heterocycles. The van der Waals surface area contributed by atoms with E-state index >= 15 is 0 Å². The quantitative estimate of drug-likeness (QED) is 0.801. The maximum Gasteiger partial charge on any atom is 0.224 e. The first-order chi connectivity index (χ1) is 12.0. The van der Waals surface area contributed by atoms with E-state index in [1.165, 1.54) is 0 Å². The van der Waals surface area contributed by atoms with E-state index in [1.807, 2.05) is 20.8 Å². The summed E-state index contributed by atoms with van der Waals surface area (Å²) in [6.45, 7) is 8.18. The minimum absolute atomic E-state index is 0.00933. The van der Waals surface area contributed by atoms with Gasteiger partial charge in [-0.05, 0) is 40.0 Å². The number of carbonyl (C=O) groups is 1. The fourth-order valence-corrected chi connectivity index (χ4v) is 4.10. The lowest BCUT2D eigenvalue weighted by atomic mass is 9.58. The maximum absolute atomic E-state index is 12.6. The number of aliphatic hydroxyl groups is 1. The zero-order chi connectivity index (χ0) is 18.0. The van der Waals surface area contributed by atoms with Crippen LogP contribution in [0, 0.1) is 19.3 Å². The van der Waals surface area contributed by atoms with Crippen LogP contribution in [-0.4, -0.2) is 52.8 Å². The molecule has 1 saturated heterocycles. The van der Waals surface area contributed by atoms with Gasteiger partial charge in [0, 0.05) is 42.5 Å². The van der Waals surface area contributed by atoms with Crippen LogP contribution in [0.4, 0.5) is 0 Å². The smallest absolute Gasteiger partial charge is 0.224 e. The second kappa shape index (κ2) is 7.43. The Morgan fingerprint density at radius 2 is 2.16 bits per heavy atom. The van der Waals surface area contributed by atoms with Crippen molar-refractivity contribution in [3.05, 3.63) is 17.0 Å². The number of nitrogens with one attached hydrogen (secondary N) is 1. The van der Waals surface area contributed by atoms with Crippen molar-refractivity contribution in [2.24, 2.45) is 5.41 Å². The van der Waals surface area contributed by atoms with E-state index in [1.54, 1.807) is 4.68 Å². The van der Waals surface area contributed by atoms with Crippen molar-refractivity contribution >= 4 is 5.91 Å². The van der Waals surface area contributed by atoms with Gasteiger partial charge in [0.15, 0.2) is 0 Å². The number of aromatic nitrogens is 2. The van der Waals surface area contributed by atoms with Crippen LogP contribution in [0.2, 0.25) is 0 Å². The number of hydrogen-bond acceptors (Lipinski definition) is 5. The summed E-state index contributed by atoms with van der Waals surface area (Å²) in [5.74, 6) is -0.00933. The van der Waals surface area contributed by atoms with Crippen molar-refractivity contribution in [1.82, 2.24) is 15.1 Å². The molecule has 7 heteroatoms. The summed E-state index contributed by atoms with van der Waals surface area (Å²) in [4.78, 5) is 12.6. The van der Waals surface area contributed by atoms with Crippen LogP contribution in [0.15, 0.2) is 0 Å². The lowest BCUT2D eigenvalue weighted by Gasteiger charge is -2.55. The van der Waals surface area contributed by atoms with Crippen molar-refractivity contribution in [2.75, 3.05) is 19.8 Å². The van der Waals surface area contributed by atoms with E-state index in [9.17, 15) is 9.90 Å². The Hall–Kier alpha value is -1.44. The number of carbonyl (C=O) groups excluding carboxylic acids is 1. The van der Waals surface area contributed by atoms with Gasteiger partial charge in [-0.15, -0.1) is 0 Å². The van der Waals surface area contributed by atoms with Crippen molar-refractivity contribution in [3.63, 3.8) is 0 Å². The van der Waals surface area contributed by atoms with E-state index < -0.39 is 0 Å². The molecule has 140 valence electrons. The van der Waals surface area contributed by atoms with Gasteiger partial charge < -0.3 is 19.9 Å². The minimum Gasteiger partial charge on any atom is -0.392 e. The van der Waals surface area contributed by atoms with Crippen molar-refractivity contribution in [1.29, 1.82) is 0 Å². The lowest BCUT2D eigenvalue weighted by Crippen LogP contribution is -2.65. The summed E-state index contributed by atoms with van der Waals surface area (Å²) in [6, 6.07) is 0.0398. The molecule has 0 unspecified atom stereocenters. The largest absolute Gasteiger partial charge is 0.392 e. The third-order valence-corrected chi connectivity index (χ3v) is 5.86. The highest BCUT2D eigenvalue weighted by atomic mass is 16.5. The van der Waals surface area contributed by atoms with Gasteiger partial charge in [0.2, 0.25) is 5.91 Å². The first-order valence-corrected chi connectivity index (χ1v) is 9.13. The maximum atomic E-state index is 12.6. The first-order valence-electron chi connectivity index (χ1n) is 9.13. The molecule has 0 aromatic carbocycles. The predicted molar refractivity (Wildman–Crippen MR) is 92.1 cm³/mol. The molecule has 25 heavy (non-hydrogen) atoms. The molecule has 1 saturated carbocycles. The summed E-state index contributed by atoms with van der Waals surface area (Å²) >= 11 is 0. The molecule has 3 rings (SSSR count). The second-order valence-corrected chi connectivity index (χ2v) is 7.16. The highest BCUT2D eigenvalue weighted by Gasteiger charge is 2.55. The highest BCUT2D eigenvalue weighted by Crippen LogP contribution is 2.48. The van der Waals surface area contributed by atoms with E-state index in [2.05, 4.69) is 10.4 Å². The van der Waals surface area contributed by atoms with E-state index in [-0.39, 0.29) is 23.5 Å². The van der Waals surface area contributed by atoms with Crippen molar-refractivity contribution in [2.45, 2.75) is 65.3 Å². The molecule has 7 nitrogen and oxygen atoms in total. The van der Waals surface area contributed by atoms with Gasteiger partial charge in [0.25, 0.3) is 0 Å². The molecule has 0 bridgehead atoms. The Balaban J connectivity index is 1.62. The topological polar surface area (TPSA) is 85.6 Å². The molecule has 2 atom stereocenters. The fraction of sp³-hybridized carbons (Fsp3) is 0.778. The van der Waals surface area contributed by atoms with Gasteiger partial charge in [-0.1, -0.05) is 0 Å². The molecule has 2 fully saturated rings. The van der Waals surface area contributed by atoms with Crippen LogP contribution >= 0.6 is 0 Å². The molecule has 1 spiro atoms. The van der Waals surface area contributed by atoms with Gasteiger partial charge >= 0.3 is 0 Å². The van der Waals surface area contributed by atoms with Gasteiger partial charge in [0.1, 0.15) is 6.73 Å². The fourth-order valence-electron chi connectivity index (χ4n) is 4.10. The van der Waals surface area contributed by atoms with E-state index in [0.717, 1.165) is 29.8 Å². The SMILES string of the molecule is CCOCn1nc(C)c(CC(=O)N[C@@H]2C[C@@H](O)C23CCOCC3)c1C. The Labute approximate surface area is 148 Å². The Morgan fingerprint density at radius 1 is 1.44 bits per heavy atom. The average molecular weight is 351 g/mol. The number of hydrogen-bond donors (Lipinski definition) is 2. The average Bonchev–Trinajstić information content (AvgIpc) is 2.88. The third kappa shape index (κ3) is 3.45. The molecular formula is C18H29N3O4. The molecule has 1 aliphatic heterocycles. The van der Waals surface area contributed by atoms with E-state index in [4.69, 9.17) is 9.47 Å². The minimum atomic E-state index is -0.334. The van der Waals surface area contributed by atoms with Crippen molar-refractivity contribution in [3.8, 4) is 0 Å². The molecular weight excluding hydrogens is 322 g/mol. The zero-order valence-electron chi connectivity index (χ0n) is 15.4. The Kier molecular flexibility index (Phi) is 5.46. The monoisotopic (exact) mass is 351 g/mol. The summed E-state index contributed by atoms with van der Waals surface area (Å²) < 4.78 is 12.6. The standard InChI is InChI=1S/C18H29N3O4/c1-4-24-11-21-13(3)14(12(2)20-21)9-17(23)19-15-10-16(22)18(15)5-7-25-8-6-18/h15-16,22H,4-11H2,1-3H3,(H,19,23)/t15-,16-/m1/s1. The van der Waals surface area contributed by atoms with Gasteiger partial charge in [-0.3, -0.25) is 4.79 Å². The lowest BCUT2D eigenvalue weighted by molar-refractivity contribution is -0.155. The number of aryl methyl sites for hydroxylation is 1.